The summed E-state index contributed by atoms with van der Waals surface area (Å²) >= 11 is 7.63. The van der Waals surface area contributed by atoms with E-state index in [9.17, 15) is 13.2 Å². The van der Waals surface area contributed by atoms with Gasteiger partial charge in [0.1, 0.15) is 0 Å². The molecule has 6 nitrogen and oxygen atoms in total. The molecule has 0 spiro atoms. The van der Waals surface area contributed by atoms with E-state index in [2.05, 4.69) is 16.1 Å². The fraction of sp³-hybridized carbons (Fsp3) is 0.417. The number of benzene rings is 2. The van der Waals surface area contributed by atoms with Crippen molar-refractivity contribution >= 4 is 55.0 Å². The number of quaternary nitrogens is 1. The summed E-state index contributed by atoms with van der Waals surface area (Å²) in [5, 5.41) is 4.29. The highest BCUT2D eigenvalue weighted by atomic mass is 35.5. The fourth-order valence-electron chi connectivity index (χ4n) is 4.85. The van der Waals surface area contributed by atoms with Crippen LogP contribution in [0.4, 0.5) is 0 Å². The number of sulfone groups is 1. The average molecular weight is 505 g/mol. The Hall–Kier alpha value is -1.87. The Morgan fingerprint density at radius 2 is 1.82 bits per heavy atom. The first kappa shape index (κ1) is 22.9. The molecule has 0 bridgehead atoms. The number of hydrogen-bond acceptors (Lipinski definition) is 6. The van der Waals surface area contributed by atoms with Crippen LogP contribution in [0.3, 0.4) is 0 Å². The third-order valence-electron chi connectivity index (χ3n) is 6.71. The maximum absolute atomic E-state index is 13.6. The number of amides is 1. The number of amidine groups is 1. The van der Waals surface area contributed by atoms with Crippen molar-refractivity contribution < 1.29 is 17.7 Å². The minimum Gasteiger partial charge on any atom is -0.321 e. The molecule has 0 unspecified atom stereocenters. The van der Waals surface area contributed by atoms with E-state index in [1.165, 1.54) is 0 Å². The van der Waals surface area contributed by atoms with E-state index in [1.54, 1.807) is 36.0 Å². The summed E-state index contributed by atoms with van der Waals surface area (Å²) in [6.07, 6.45) is 6.14. The smallest absolute Gasteiger partial charge is 0.320 e. The van der Waals surface area contributed by atoms with Gasteiger partial charge in [0, 0.05) is 29.9 Å². The van der Waals surface area contributed by atoms with Crippen molar-refractivity contribution in [2.45, 2.75) is 37.0 Å². The lowest BCUT2D eigenvalue weighted by Crippen LogP contribution is -2.54. The minimum atomic E-state index is -3.59. The van der Waals surface area contributed by atoms with Crippen LogP contribution in [0.2, 0.25) is 5.02 Å². The van der Waals surface area contributed by atoms with Crippen molar-refractivity contribution in [3.63, 3.8) is 0 Å². The van der Waals surface area contributed by atoms with Gasteiger partial charge < -0.3 is 4.90 Å². The van der Waals surface area contributed by atoms with Crippen molar-refractivity contribution in [3.8, 4) is 0 Å². The number of carbonyl (C=O) groups is 1. The molecule has 0 radical (unpaired) electrons. The Bertz CT molecular complexity index is 1270. The lowest BCUT2D eigenvalue weighted by atomic mass is 10.1. The zero-order valence-electron chi connectivity index (χ0n) is 18.4. The molecule has 2 aromatic carbocycles. The second-order valence-corrected chi connectivity index (χ2v) is 12.4. The van der Waals surface area contributed by atoms with Crippen LogP contribution in [0.15, 0.2) is 57.5 Å². The zero-order chi connectivity index (χ0) is 23.1. The SMILES string of the molecule is O=C(CCS(=O)(=O)c1ccc2cc(Cl)ccc2c1)[N+]1(C2=CN3CCCN=C3S2)CCCCC1. The first-order chi connectivity index (χ1) is 15.9. The number of hydrogen-bond donors (Lipinski definition) is 0. The van der Waals surface area contributed by atoms with E-state index < -0.39 is 9.84 Å². The Labute approximate surface area is 203 Å². The molecule has 0 N–H and O–H groups in total. The summed E-state index contributed by atoms with van der Waals surface area (Å²) in [6, 6.07) is 10.4. The largest absolute Gasteiger partial charge is 0.321 e. The standard InChI is InChI=1S/C24H27ClN3O3S2/c25-20-7-5-19-16-21(8-6-18(19)15-20)33(30,31)14-9-22(29)28(12-2-1-3-13-28)23-17-27-11-4-10-26-24(27)32-23/h5-8,15-17H,1-4,9-14H2/q+1. The van der Waals surface area contributed by atoms with Crippen LogP contribution < -0.4 is 0 Å². The summed E-state index contributed by atoms with van der Waals surface area (Å²) in [6.45, 7) is 3.21. The summed E-state index contributed by atoms with van der Waals surface area (Å²) in [5.74, 6) is -0.196. The summed E-state index contributed by atoms with van der Waals surface area (Å²) in [7, 11) is -3.59. The van der Waals surface area contributed by atoms with Crippen LogP contribution in [0, 0.1) is 0 Å². The number of rotatable bonds is 5. The second-order valence-electron chi connectivity index (χ2n) is 8.87. The van der Waals surface area contributed by atoms with Crippen LogP contribution in [-0.4, -0.2) is 60.8 Å². The van der Waals surface area contributed by atoms with E-state index in [-0.39, 0.29) is 27.5 Å². The third-order valence-corrected chi connectivity index (χ3v) is 9.87. The lowest BCUT2D eigenvalue weighted by molar-refractivity contribution is -0.814. The Morgan fingerprint density at radius 3 is 2.61 bits per heavy atom. The van der Waals surface area contributed by atoms with Crippen molar-refractivity contribution in [1.29, 1.82) is 0 Å². The molecule has 174 valence electrons. The topological polar surface area (TPSA) is 66.8 Å². The van der Waals surface area contributed by atoms with Crippen molar-refractivity contribution in [2.75, 3.05) is 31.9 Å². The predicted molar refractivity (Wildman–Crippen MR) is 134 cm³/mol. The molecule has 5 rings (SSSR count). The number of aliphatic imine (C=N–C) groups is 1. The first-order valence-electron chi connectivity index (χ1n) is 11.4. The Balaban J connectivity index is 1.36. The molecule has 0 atom stereocenters. The van der Waals surface area contributed by atoms with Gasteiger partial charge in [-0.1, -0.05) is 23.7 Å². The normalized spacial score (nSPS) is 20.3. The molecule has 0 saturated carbocycles. The fourth-order valence-corrected chi connectivity index (χ4v) is 7.54. The number of likely N-dealkylation sites (tertiary alicyclic amines) is 1. The van der Waals surface area contributed by atoms with Crippen LogP contribution in [0.25, 0.3) is 10.8 Å². The van der Waals surface area contributed by atoms with Gasteiger partial charge in [-0.25, -0.2) is 17.7 Å². The van der Waals surface area contributed by atoms with Crippen LogP contribution in [0.5, 0.6) is 0 Å². The van der Waals surface area contributed by atoms with Gasteiger partial charge in [0.05, 0.1) is 36.4 Å². The Morgan fingerprint density at radius 1 is 1.06 bits per heavy atom. The van der Waals surface area contributed by atoms with Gasteiger partial charge in [0.2, 0.25) is 0 Å². The molecule has 2 aromatic rings. The van der Waals surface area contributed by atoms with Crippen molar-refractivity contribution in [2.24, 2.45) is 4.99 Å². The third kappa shape index (κ3) is 4.46. The molecule has 3 aliphatic heterocycles. The number of carbonyl (C=O) groups excluding carboxylic acids is 1. The van der Waals surface area contributed by atoms with Crippen LogP contribution in [-0.2, 0) is 14.6 Å². The van der Waals surface area contributed by atoms with Crippen molar-refractivity contribution in [1.82, 2.24) is 4.90 Å². The molecule has 33 heavy (non-hydrogen) atoms. The maximum Gasteiger partial charge on any atom is 0.320 e. The zero-order valence-corrected chi connectivity index (χ0v) is 20.8. The van der Waals surface area contributed by atoms with Gasteiger partial charge in [-0.3, -0.25) is 4.99 Å². The van der Waals surface area contributed by atoms with Gasteiger partial charge in [-0.2, -0.15) is 0 Å². The lowest BCUT2D eigenvalue weighted by Gasteiger charge is -2.38. The highest BCUT2D eigenvalue weighted by Crippen LogP contribution is 2.40. The van der Waals surface area contributed by atoms with E-state index in [1.807, 2.05) is 12.1 Å². The number of nitrogens with zero attached hydrogens (tertiary/aromatic N) is 3. The molecule has 3 aliphatic rings. The van der Waals surface area contributed by atoms with Crippen LogP contribution >= 0.6 is 23.4 Å². The number of thioether (sulfide) groups is 1. The van der Waals surface area contributed by atoms with Gasteiger partial charge in [-0.15, -0.1) is 0 Å². The molecule has 1 fully saturated rings. The summed E-state index contributed by atoms with van der Waals surface area (Å²) in [5.41, 5.74) is 0. The quantitative estimate of drug-likeness (QED) is 0.547. The van der Waals surface area contributed by atoms with Crippen LogP contribution in [0.1, 0.15) is 32.1 Å². The van der Waals surface area contributed by atoms with E-state index in [0.29, 0.717) is 5.02 Å². The summed E-state index contributed by atoms with van der Waals surface area (Å²) in [4.78, 5) is 20.6. The van der Waals surface area contributed by atoms with Gasteiger partial charge >= 0.3 is 5.91 Å². The number of fused-ring (bicyclic) bond motifs is 2. The second kappa shape index (κ2) is 9.06. The molecule has 0 aliphatic carbocycles. The molecule has 1 amide bonds. The number of piperidine rings is 1. The molecular weight excluding hydrogens is 478 g/mol. The number of halogens is 1. The molecule has 3 heterocycles. The van der Waals surface area contributed by atoms with E-state index in [4.69, 9.17) is 11.6 Å². The van der Waals surface area contributed by atoms with Gasteiger partial charge in [-0.05, 0) is 60.7 Å². The highest BCUT2D eigenvalue weighted by Gasteiger charge is 2.46. The maximum atomic E-state index is 13.6. The highest BCUT2D eigenvalue weighted by molar-refractivity contribution is 8.17. The predicted octanol–water partition coefficient (Wildman–Crippen LogP) is 4.79. The molecule has 0 aromatic heterocycles. The van der Waals surface area contributed by atoms with E-state index in [0.717, 1.165) is 72.8 Å². The first-order valence-corrected chi connectivity index (χ1v) is 14.3. The Kier molecular flexibility index (Phi) is 6.29. The molecule has 9 heteroatoms. The molecule has 1 saturated heterocycles. The summed E-state index contributed by atoms with van der Waals surface area (Å²) < 4.78 is 26.5. The van der Waals surface area contributed by atoms with Crippen molar-refractivity contribution in [3.05, 3.63) is 52.6 Å². The average Bonchev–Trinajstić information content (AvgIpc) is 3.27. The van der Waals surface area contributed by atoms with Gasteiger partial charge in [0.15, 0.2) is 20.0 Å². The van der Waals surface area contributed by atoms with E-state index >= 15 is 0 Å². The minimum absolute atomic E-state index is 0.00532. The van der Waals surface area contributed by atoms with Gasteiger partial charge in [0.25, 0.3) is 0 Å². The molecular formula is C24H27ClN3O3S2+. The monoisotopic (exact) mass is 504 g/mol.